The molecule has 0 heterocycles. The Morgan fingerprint density at radius 1 is 1.25 bits per heavy atom. The number of rotatable bonds is 0. The first kappa shape index (κ1) is 9.49. The standard InChI is InChI=1S/I2O.Mg/c1-3-2;. The number of hydrogen-bond donors (Lipinski definition) is 0. The van der Waals surface area contributed by atoms with Crippen molar-refractivity contribution in [3.63, 3.8) is 0 Å². The first-order valence-electron chi connectivity index (χ1n) is 0.309. The van der Waals surface area contributed by atoms with Crippen LogP contribution in [0, 0.1) is 0 Å². The molecule has 1 nitrogen and oxygen atoms in total. The van der Waals surface area contributed by atoms with Crippen LogP contribution >= 0.6 is 46.0 Å². The molecule has 4 heavy (non-hydrogen) atoms. The van der Waals surface area contributed by atoms with Gasteiger partial charge in [-0.3, -0.25) is 0 Å². The van der Waals surface area contributed by atoms with Crippen molar-refractivity contribution in [2.75, 3.05) is 0 Å². The van der Waals surface area contributed by atoms with Crippen LogP contribution in [0.15, 0.2) is 0 Å². The minimum Gasteiger partial charge on any atom is -0.247 e. The molecule has 0 aromatic heterocycles. The second-order valence-corrected chi connectivity index (χ2v) is 2.62. The van der Waals surface area contributed by atoms with Gasteiger partial charge in [-0.2, -0.15) is 0 Å². The minimum absolute atomic E-state index is 0. The zero-order valence-electron chi connectivity index (χ0n) is 1.87. The summed E-state index contributed by atoms with van der Waals surface area (Å²) in [4.78, 5) is 0. The highest BCUT2D eigenvalue weighted by molar-refractivity contribution is 14.2. The molecule has 0 bridgehead atoms. The maximum absolute atomic E-state index is 4.19. The third-order valence-electron chi connectivity index (χ3n) is 0. The smallest absolute Gasteiger partial charge is 0.124 e. The van der Waals surface area contributed by atoms with Crippen LogP contribution < -0.4 is 0 Å². The van der Waals surface area contributed by atoms with E-state index >= 15 is 0 Å². The Balaban J connectivity index is 0. The van der Waals surface area contributed by atoms with Crippen LogP contribution in [0.25, 0.3) is 0 Å². The van der Waals surface area contributed by atoms with Crippen LogP contribution in [-0.4, -0.2) is 23.1 Å². The van der Waals surface area contributed by atoms with E-state index in [2.05, 4.69) is 1.40 Å². The monoisotopic (exact) mass is 294 g/mol. The predicted octanol–water partition coefficient (Wildman–Crippen LogP) is 1.32. The van der Waals surface area contributed by atoms with Crippen LogP contribution in [0.3, 0.4) is 0 Å². The Hall–Kier alpha value is 2.19. The van der Waals surface area contributed by atoms with Gasteiger partial charge in [-0.25, -0.2) is 1.40 Å². The van der Waals surface area contributed by atoms with Gasteiger partial charge in [0, 0.05) is 23.1 Å². The largest absolute Gasteiger partial charge is 0.247 e. The van der Waals surface area contributed by atoms with Gasteiger partial charge in [-0.05, 0) is 0 Å². The topological polar surface area (TPSA) is 9.23 Å². The Bertz CT molecular complexity index is 6.00. The van der Waals surface area contributed by atoms with E-state index < -0.39 is 0 Å². The van der Waals surface area contributed by atoms with Gasteiger partial charge in [-0.1, -0.05) is 0 Å². The van der Waals surface area contributed by atoms with Crippen LogP contribution in [0.4, 0.5) is 0 Å². The molecule has 0 N–H and O–H groups in total. The summed E-state index contributed by atoms with van der Waals surface area (Å²) in [5.74, 6) is 0. The van der Waals surface area contributed by atoms with Gasteiger partial charge in [0.05, 0.1) is 0 Å². The molecule has 0 spiro atoms. The summed E-state index contributed by atoms with van der Waals surface area (Å²) >= 11 is 3.55. The lowest BCUT2D eigenvalue weighted by molar-refractivity contribution is 0.932. The van der Waals surface area contributed by atoms with Crippen molar-refractivity contribution in [1.29, 1.82) is 0 Å². The zero-order valence-corrected chi connectivity index (χ0v) is 7.60. The minimum atomic E-state index is 0. The van der Waals surface area contributed by atoms with E-state index in [9.17, 15) is 0 Å². The van der Waals surface area contributed by atoms with Crippen molar-refractivity contribution in [3.8, 4) is 0 Å². The fourth-order valence-electron chi connectivity index (χ4n) is 0. The van der Waals surface area contributed by atoms with Crippen molar-refractivity contribution in [3.05, 3.63) is 0 Å². The lowest BCUT2D eigenvalue weighted by atomic mass is 16.0. The normalized spacial score (nSPS) is 4.50. The quantitative estimate of drug-likeness (QED) is 0.484. The van der Waals surface area contributed by atoms with Crippen molar-refractivity contribution >= 4 is 69.1 Å². The van der Waals surface area contributed by atoms with E-state index in [4.69, 9.17) is 0 Å². The van der Waals surface area contributed by atoms with E-state index in [1.54, 1.807) is 46.0 Å². The average molecular weight is 294 g/mol. The first-order valence-corrected chi connectivity index (χ1v) is 2.07. The Morgan fingerprint density at radius 2 is 1.25 bits per heavy atom. The van der Waals surface area contributed by atoms with Crippen LogP contribution in [-0.2, 0) is 1.40 Å². The molecule has 0 rings (SSSR count). The fraction of sp³-hybridized carbons (Fsp3) is 0. The molecule has 0 saturated carbocycles. The zero-order chi connectivity index (χ0) is 2.71. The summed E-state index contributed by atoms with van der Waals surface area (Å²) in [6.07, 6.45) is 0. The second kappa shape index (κ2) is 8.95. The second-order valence-electron chi connectivity index (χ2n) is 0.0583. The lowest BCUT2D eigenvalue weighted by Gasteiger charge is -1.49. The summed E-state index contributed by atoms with van der Waals surface area (Å²) in [7, 11) is 0. The Labute approximate surface area is 69.4 Å². The predicted molar refractivity (Wildman–Crippen MR) is 34.9 cm³/mol. The third-order valence-corrected chi connectivity index (χ3v) is 0. The molecular formula is I2MgO. The summed E-state index contributed by atoms with van der Waals surface area (Å²) in [5, 5.41) is 0. The number of halogens is 2. The van der Waals surface area contributed by atoms with E-state index in [1.807, 2.05) is 0 Å². The molecule has 0 aliphatic rings. The summed E-state index contributed by atoms with van der Waals surface area (Å²) < 4.78 is 4.19. The molecule has 0 amide bonds. The van der Waals surface area contributed by atoms with Crippen molar-refractivity contribution in [1.82, 2.24) is 0 Å². The van der Waals surface area contributed by atoms with E-state index in [-0.39, 0.29) is 23.1 Å². The molecular weight excluding hydrogens is 294 g/mol. The van der Waals surface area contributed by atoms with Gasteiger partial charge in [0.2, 0.25) is 0 Å². The van der Waals surface area contributed by atoms with Gasteiger partial charge < -0.3 is 0 Å². The third kappa shape index (κ3) is 8.89. The average Bonchev–Trinajstić information content (AvgIpc) is 0.918. The highest BCUT2D eigenvalue weighted by atomic mass is 127. The van der Waals surface area contributed by atoms with Gasteiger partial charge in [0.15, 0.2) is 0 Å². The molecule has 0 aliphatic carbocycles. The van der Waals surface area contributed by atoms with Crippen molar-refractivity contribution in [2.24, 2.45) is 0 Å². The van der Waals surface area contributed by atoms with Gasteiger partial charge >= 0.3 is 0 Å². The van der Waals surface area contributed by atoms with Crippen molar-refractivity contribution < 1.29 is 1.40 Å². The van der Waals surface area contributed by atoms with Crippen LogP contribution in [0.5, 0.6) is 0 Å². The lowest BCUT2D eigenvalue weighted by Crippen LogP contribution is -1.08. The maximum atomic E-state index is 4.19. The van der Waals surface area contributed by atoms with Crippen molar-refractivity contribution in [2.45, 2.75) is 0 Å². The van der Waals surface area contributed by atoms with Gasteiger partial charge in [-0.15, -0.1) is 0 Å². The highest BCUT2D eigenvalue weighted by Crippen LogP contribution is 1.90. The Kier molecular flexibility index (Phi) is 21.3. The van der Waals surface area contributed by atoms with E-state index in [0.717, 1.165) is 0 Å². The molecule has 4 heteroatoms. The molecule has 0 fully saturated rings. The molecule has 0 unspecified atom stereocenters. The van der Waals surface area contributed by atoms with Gasteiger partial charge in [0.1, 0.15) is 46.0 Å². The SMILES string of the molecule is IOI.[Mg]. The van der Waals surface area contributed by atoms with Gasteiger partial charge in [0.25, 0.3) is 0 Å². The summed E-state index contributed by atoms with van der Waals surface area (Å²) in [6.45, 7) is 0. The molecule has 0 atom stereocenters. The van der Waals surface area contributed by atoms with E-state index in [1.165, 1.54) is 0 Å². The highest BCUT2D eigenvalue weighted by Gasteiger charge is 1.37. The molecule has 0 aliphatic heterocycles. The number of hydrogen-bond acceptors (Lipinski definition) is 1. The molecule has 0 saturated heterocycles. The Morgan fingerprint density at radius 3 is 1.25 bits per heavy atom. The fourth-order valence-corrected chi connectivity index (χ4v) is 0. The molecule has 2 radical (unpaired) electrons. The molecule has 22 valence electrons. The molecule has 0 aromatic carbocycles. The van der Waals surface area contributed by atoms with Crippen LogP contribution in [0.1, 0.15) is 0 Å². The first-order chi connectivity index (χ1) is 1.41. The molecule has 0 aromatic rings. The van der Waals surface area contributed by atoms with Crippen LogP contribution in [0.2, 0.25) is 0 Å². The van der Waals surface area contributed by atoms with E-state index in [0.29, 0.717) is 0 Å². The summed E-state index contributed by atoms with van der Waals surface area (Å²) in [5.41, 5.74) is 0. The summed E-state index contributed by atoms with van der Waals surface area (Å²) in [6, 6.07) is 0. The maximum Gasteiger partial charge on any atom is 0.124 e.